The average Bonchev–Trinajstić information content (AvgIpc) is 3.14. The second-order valence-electron chi connectivity index (χ2n) is 4.94. The first-order valence-corrected chi connectivity index (χ1v) is 7.99. The highest BCUT2D eigenvalue weighted by Crippen LogP contribution is 2.24. The molecule has 0 saturated heterocycles. The minimum Gasteiger partial charge on any atom is -0.465 e. The molecule has 0 atom stereocenters. The van der Waals surface area contributed by atoms with Crippen LogP contribution in [-0.4, -0.2) is 18.1 Å². The summed E-state index contributed by atoms with van der Waals surface area (Å²) in [6.07, 6.45) is 5.88. The van der Waals surface area contributed by atoms with Crippen molar-refractivity contribution >= 4 is 29.5 Å². The maximum absolute atomic E-state index is 11.6. The third-order valence-electron chi connectivity index (χ3n) is 3.38. The number of carbonyl (C=O) groups is 1. The van der Waals surface area contributed by atoms with Crippen molar-refractivity contribution in [2.75, 3.05) is 7.11 Å². The number of thiazole rings is 1. The maximum atomic E-state index is 11.6. The van der Waals surface area contributed by atoms with E-state index in [2.05, 4.69) is 17.1 Å². The van der Waals surface area contributed by atoms with E-state index in [0.717, 1.165) is 21.6 Å². The Kier molecular flexibility index (Phi) is 4.64. The van der Waals surface area contributed by atoms with Crippen LogP contribution in [0.15, 0.2) is 60.2 Å². The molecule has 0 unspecified atom stereocenters. The number of rotatable bonds is 4. The van der Waals surface area contributed by atoms with Gasteiger partial charge in [-0.25, -0.2) is 4.79 Å². The predicted octanol–water partition coefficient (Wildman–Crippen LogP) is 4.77. The highest BCUT2D eigenvalue weighted by Gasteiger charge is 2.04. The van der Waals surface area contributed by atoms with Crippen molar-refractivity contribution < 1.29 is 9.53 Å². The molecule has 114 valence electrons. The van der Waals surface area contributed by atoms with Gasteiger partial charge in [0.05, 0.1) is 23.1 Å². The van der Waals surface area contributed by atoms with E-state index in [1.807, 2.05) is 54.2 Å². The lowest BCUT2D eigenvalue weighted by atomic mass is 10.1. The second-order valence-corrected chi connectivity index (χ2v) is 5.83. The van der Waals surface area contributed by atoms with Crippen LogP contribution >= 0.6 is 11.3 Å². The molecule has 0 saturated carbocycles. The molecule has 4 heteroatoms. The Morgan fingerprint density at radius 3 is 2.52 bits per heavy atom. The summed E-state index contributed by atoms with van der Waals surface area (Å²) in [7, 11) is 1.38. The van der Waals surface area contributed by atoms with Gasteiger partial charge in [0.25, 0.3) is 0 Å². The monoisotopic (exact) mass is 321 g/mol. The topological polar surface area (TPSA) is 39.2 Å². The van der Waals surface area contributed by atoms with Crippen LogP contribution in [0.4, 0.5) is 0 Å². The number of benzene rings is 2. The lowest BCUT2D eigenvalue weighted by molar-refractivity contribution is 0.0600. The molecular formula is C19H15NO2S. The third-order valence-corrected chi connectivity index (χ3v) is 4.20. The fraction of sp³-hybridized carbons (Fsp3) is 0.0526. The zero-order valence-electron chi connectivity index (χ0n) is 12.6. The summed E-state index contributed by atoms with van der Waals surface area (Å²) in [5.74, 6) is -0.326. The summed E-state index contributed by atoms with van der Waals surface area (Å²) >= 11 is 1.62. The summed E-state index contributed by atoms with van der Waals surface area (Å²) in [5.41, 5.74) is 5.58. The molecule has 0 bridgehead atoms. The summed E-state index contributed by atoms with van der Waals surface area (Å²) in [5, 5.41) is 0. The van der Waals surface area contributed by atoms with E-state index in [0.29, 0.717) is 5.56 Å². The standard InChI is InChI=1S/C19H15NO2S/c1-22-19(21)17-7-3-5-15(11-17)9-8-14-4-2-6-16(10-14)18-12-20-13-23-18/h2-13H,1H3. The van der Waals surface area contributed by atoms with Crippen LogP contribution in [0.25, 0.3) is 22.6 Å². The molecule has 0 fully saturated rings. The molecule has 0 N–H and O–H groups in total. The van der Waals surface area contributed by atoms with Crippen molar-refractivity contribution in [2.24, 2.45) is 0 Å². The van der Waals surface area contributed by atoms with E-state index >= 15 is 0 Å². The molecule has 3 nitrogen and oxygen atoms in total. The van der Waals surface area contributed by atoms with Crippen LogP contribution in [0.1, 0.15) is 21.5 Å². The van der Waals surface area contributed by atoms with Gasteiger partial charge >= 0.3 is 5.97 Å². The molecule has 23 heavy (non-hydrogen) atoms. The van der Waals surface area contributed by atoms with Crippen LogP contribution in [0.3, 0.4) is 0 Å². The van der Waals surface area contributed by atoms with Crippen LogP contribution in [-0.2, 0) is 4.74 Å². The number of hydrogen-bond donors (Lipinski definition) is 0. The van der Waals surface area contributed by atoms with Gasteiger partial charge in [-0.2, -0.15) is 0 Å². The fourth-order valence-corrected chi connectivity index (χ4v) is 2.85. The Balaban J connectivity index is 1.83. The van der Waals surface area contributed by atoms with Gasteiger partial charge in [-0.3, -0.25) is 4.98 Å². The Bertz CT molecular complexity index is 838. The second kappa shape index (κ2) is 7.03. The summed E-state index contributed by atoms with van der Waals surface area (Å²) in [6, 6.07) is 15.6. The Hall–Kier alpha value is -2.72. The van der Waals surface area contributed by atoms with Gasteiger partial charge in [0.2, 0.25) is 0 Å². The Morgan fingerprint density at radius 1 is 1.09 bits per heavy atom. The number of methoxy groups -OCH3 is 1. The SMILES string of the molecule is COC(=O)c1cccc(C=Cc2cccc(-c3cncs3)c2)c1. The van der Waals surface area contributed by atoms with Crippen LogP contribution in [0.2, 0.25) is 0 Å². The van der Waals surface area contributed by atoms with Gasteiger partial charge in [0.1, 0.15) is 0 Å². The first-order chi connectivity index (χ1) is 11.3. The number of esters is 1. The zero-order valence-corrected chi connectivity index (χ0v) is 13.4. The Labute approximate surface area is 138 Å². The van der Waals surface area contributed by atoms with Crippen LogP contribution in [0.5, 0.6) is 0 Å². The average molecular weight is 321 g/mol. The van der Waals surface area contributed by atoms with E-state index in [9.17, 15) is 4.79 Å². The molecule has 0 aliphatic rings. The molecule has 0 amide bonds. The molecule has 1 heterocycles. The highest BCUT2D eigenvalue weighted by atomic mass is 32.1. The molecule has 0 aliphatic carbocycles. The van der Waals surface area contributed by atoms with Gasteiger partial charge in [0, 0.05) is 6.20 Å². The minimum absolute atomic E-state index is 0.326. The van der Waals surface area contributed by atoms with Crippen molar-refractivity contribution in [3.63, 3.8) is 0 Å². The molecule has 1 aromatic heterocycles. The van der Waals surface area contributed by atoms with Gasteiger partial charge in [-0.05, 0) is 34.9 Å². The van der Waals surface area contributed by atoms with Crippen molar-refractivity contribution in [2.45, 2.75) is 0 Å². The third kappa shape index (κ3) is 3.73. The van der Waals surface area contributed by atoms with Crippen molar-refractivity contribution in [1.29, 1.82) is 0 Å². The van der Waals surface area contributed by atoms with E-state index in [1.165, 1.54) is 7.11 Å². The summed E-state index contributed by atoms with van der Waals surface area (Å²) < 4.78 is 4.74. The number of carbonyl (C=O) groups excluding carboxylic acids is 1. The van der Waals surface area contributed by atoms with E-state index in [-0.39, 0.29) is 5.97 Å². The lowest BCUT2D eigenvalue weighted by Gasteiger charge is -2.01. The Morgan fingerprint density at radius 2 is 1.83 bits per heavy atom. The van der Waals surface area contributed by atoms with E-state index in [4.69, 9.17) is 4.74 Å². The first kappa shape index (κ1) is 15.2. The normalized spacial score (nSPS) is 10.8. The van der Waals surface area contributed by atoms with Crippen LogP contribution in [0, 0.1) is 0 Å². The first-order valence-electron chi connectivity index (χ1n) is 7.11. The molecule has 3 rings (SSSR count). The van der Waals surface area contributed by atoms with Crippen molar-refractivity contribution in [3.05, 3.63) is 76.9 Å². The molecule has 2 aromatic carbocycles. The number of nitrogens with zero attached hydrogens (tertiary/aromatic N) is 1. The highest BCUT2D eigenvalue weighted by molar-refractivity contribution is 7.13. The minimum atomic E-state index is -0.326. The van der Waals surface area contributed by atoms with Gasteiger partial charge in [-0.15, -0.1) is 11.3 Å². The molecule has 0 spiro atoms. The van der Waals surface area contributed by atoms with Crippen molar-refractivity contribution in [1.82, 2.24) is 4.98 Å². The molecule has 0 radical (unpaired) electrons. The van der Waals surface area contributed by atoms with E-state index < -0.39 is 0 Å². The van der Waals surface area contributed by atoms with Gasteiger partial charge in [0.15, 0.2) is 0 Å². The number of ether oxygens (including phenoxy) is 1. The maximum Gasteiger partial charge on any atom is 0.337 e. The van der Waals surface area contributed by atoms with E-state index in [1.54, 1.807) is 17.4 Å². The van der Waals surface area contributed by atoms with Crippen molar-refractivity contribution in [3.8, 4) is 10.4 Å². The smallest absolute Gasteiger partial charge is 0.337 e. The van der Waals surface area contributed by atoms with Gasteiger partial charge < -0.3 is 4.74 Å². The lowest BCUT2D eigenvalue weighted by Crippen LogP contribution is -2.00. The van der Waals surface area contributed by atoms with Crippen LogP contribution < -0.4 is 0 Å². The summed E-state index contributed by atoms with van der Waals surface area (Å²) in [4.78, 5) is 16.8. The number of hydrogen-bond acceptors (Lipinski definition) is 4. The largest absolute Gasteiger partial charge is 0.465 e. The fourth-order valence-electron chi connectivity index (χ4n) is 2.23. The van der Waals surface area contributed by atoms with Gasteiger partial charge in [-0.1, -0.05) is 42.5 Å². The predicted molar refractivity (Wildman–Crippen MR) is 94.3 cm³/mol. The molecular weight excluding hydrogens is 306 g/mol. The molecule has 0 aliphatic heterocycles. The number of aromatic nitrogens is 1. The molecule has 3 aromatic rings. The quantitative estimate of drug-likeness (QED) is 0.513. The zero-order chi connectivity index (χ0) is 16.1. The summed E-state index contributed by atoms with van der Waals surface area (Å²) in [6.45, 7) is 0.